The molecule has 3 N–H and O–H groups in total. The number of carbonyl (C=O) groups excluding carboxylic acids is 3. The number of aliphatic imine (C=N–C) groups is 1. The van der Waals surface area contributed by atoms with Crippen LogP contribution < -0.4 is 11.1 Å². The van der Waals surface area contributed by atoms with E-state index < -0.39 is 48.2 Å². The van der Waals surface area contributed by atoms with Gasteiger partial charge in [-0.05, 0) is 33.8 Å². The van der Waals surface area contributed by atoms with Crippen LogP contribution in [0.4, 0.5) is 9.59 Å². The van der Waals surface area contributed by atoms with Crippen molar-refractivity contribution < 1.29 is 42.8 Å². The minimum Gasteiger partial charge on any atom is -0.480 e. The van der Waals surface area contributed by atoms with Gasteiger partial charge in [-0.1, -0.05) is 6.92 Å². The Hall–Kier alpha value is -2.86. The van der Waals surface area contributed by atoms with E-state index in [0.717, 1.165) is 0 Å². The summed E-state index contributed by atoms with van der Waals surface area (Å²) in [4.78, 5) is 40.4. The molecule has 186 valence electrons. The van der Waals surface area contributed by atoms with Crippen LogP contribution in [0.25, 0.3) is 0 Å². The third kappa shape index (κ3) is 7.60. The maximum atomic E-state index is 12.3. The van der Waals surface area contributed by atoms with Crippen molar-refractivity contribution in [2.45, 2.75) is 64.6 Å². The molecule has 0 unspecified atom stereocenters. The van der Waals surface area contributed by atoms with E-state index in [1.807, 2.05) is 6.92 Å². The molecule has 12 heteroatoms. The van der Waals surface area contributed by atoms with Gasteiger partial charge in [0.25, 0.3) is 0 Å². The van der Waals surface area contributed by atoms with Crippen molar-refractivity contribution in [3.05, 3.63) is 11.8 Å². The van der Waals surface area contributed by atoms with Crippen LogP contribution in [0.2, 0.25) is 0 Å². The van der Waals surface area contributed by atoms with Crippen LogP contribution in [0.15, 0.2) is 16.8 Å². The molecule has 12 nitrogen and oxygen atoms in total. The Kier molecular flexibility index (Phi) is 9.06. The van der Waals surface area contributed by atoms with Crippen LogP contribution >= 0.6 is 0 Å². The second kappa shape index (κ2) is 11.3. The van der Waals surface area contributed by atoms with Gasteiger partial charge in [0.05, 0.1) is 19.8 Å². The van der Waals surface area contributed by atoms with E-state index in [9.17, 15) is 14.4 Å². The number of alkyl carbamates (subject to hydrolysis) is 1. The fourth-order valence-electron chi connectivity index (χ4n) is 3.36. The normalized spacial score (nSPS) is 26.3. The van der Waals surface area contributed by atoms with Crippen molar-refractivity contribution in [3.63, 3.8) is 0 Å². The second-order valence-corrected chi connectivity index (χ2v) is 8.64. The zero-order chi connectivity index (χ0) is 24.8. The Morgan fingerprint density at radius 2 is 2.03 bits per heavy atom. The van der Waals surface area contributed by atoms with Gasteiger partial charge in [0.2, 0.25) is 5.76 Å². The molecule has 2 aliphatic heterocycles. The molecule has 5 atom stereocenters. The van der Waals surface area contributed by atoms with Crippen molar-refractivity contribution in [1.82, 2.24) is 5.32 Å². The third-order valence-corrected chi connectivity index (χ3v) is 4.78. The van der Waals surface area contributed by atoms with Crippen LogP contribution in [0.5, 0.6) is 0 Å². The number of amidine groups is 1. The predicted molar refractivity (Wildman–Crippen MR) is 115 cm³/mol. The first-order valence-electron chi connectivity index (χ1n) is 10.6. The zero-order valence-corrected chi connectivity index (χ0v) is 19.8. The fraction of sp³-hybridized carbons (Fsp3) is 0.714. The van der Waals surface area contributed by atoms with Gasteiger partial charge < -0.3 is 34.2 Å². The van der Waals surface area contributed by atoms with E-state index in [0.29, 0.717) is 0 Å². The zero-order valence-electron chi connectivity index (χ0n) is 19.8. The minimum absolute atomic E-state index is 0.0366. The summed E-state index contributed by atoms with van der Waals surface area (Å²) in [5, 5.41) is 2.57. The molecule has 0 aromatic rings. The Labute approximate surface area is 192 Å². The first kappa shape index (κ1) is 26.4. The van der Waals surface area contributed by atoms with Gasteiger partial charge in [-0.3, -0.25) is 10.3 Å². The van der Waals surface area contributed by atoms with Crippen LogP contribution in [0.1, 0.15) is 34.6 Å². The molecule has 1 amide bonds. The molecule has 0 aliphatic carbocycles. The molecule has 0 saturated carbocycles. The monoisotopic (exact) mass is 471 g/mol. The van der Waals surface area contributed by atoms with Crippen LogP contribution in [0, 0.1) is 5.92 Å². The summed E-state index contributed by atoms with van der Waals surface area (Å²) in [7, 11) is 1.22. The molecule has 1 saturated heterocycles. The molecule has 2 aliphatic rings. The molecular weight excluding hydrogens is 438 g/mol. The molecule has 0 radical (unpaired) electrons. The topological polar surface area (TPSA) is 157 Å². The molecule has 0 spiro atoms. The molecule has 0 bridgehead atoms. The van der Waals surface area contributed by atoms with E-state index in [2.05, 4.69) is 10.3 Å². The number of amides is 1. The maximum absolute atomic E-state index is 12.3. The smallest absolute Gasteiger partial charge is 0.480 e. The molecule has 0 aromatic carbocycles. The number of rotatable bonds is 7. The van der Waals surface area contributed by atoms with E-state index in [-0.39, 0.29) is 37.3 Å². The fourth-order valence-corrected chi connectivity index (χ4v) is 3.36. The Bertz CT molecular complexity index is 790. The number of hydrogen-bond donors (Lipinski definition) is 2. The molecule has 2 rings (SSSR count). The number of methoxy groups -OCH3 is 1. The number of nitrogens with zero attached hydrogens (tertiary/aromatic N) is 1. The van der Waals surface area contributed by atoms with E-state index in [1.54, 1.807) is 27.7 Å². The number of nitrogens with one attached hydrogen (secondary N) is 1. The number of carbonyl (C=O) groups is 3. The Balaban J connectivity index is 2.30. The number of ether oxygens (including phenoxy) is 6. The summed E-state index contributed by atoms with van der Waals surface area (Å²) in [5.41, 5.74) is 4.91. The third-order valence-electron chi connectivity index (χ3n) is 4.78. The first-order valence-corrected chi connectivity index (χ1v) is 10.6. The minimum atomic E-state index is -0.819. The van der Waals surface area contributed by atoms with E-state index >= 15 is 0 Å². The van der Waals surface area contributed by atoms with E-state index in [4.69, 9.17) is 34.2 Å². The van der Waals surface area contributed by atoms with Crippen LogP contribution in [-0.2, 0) is 33.2 Å². The summed E-state index contributed by atoms with van der Waals surface area (Å²) in [6.07, 6.45) is -2.29. The molecular formula is C21H33N3O9. The highest BCUT2D eigenvalue weighted by atomic mass is 16.8. The van der Waals surface area contributed by atoms with Crippen molar-refractivity contribution in [3.8, 4) is 0 Å². The summed E-state index contributed by atoms with van der Waals surface area (Å²) < 4.78 is 31.9. The highest BCUT2D eigenvalue weighted by molar-refractivity contribution is 5.94. The lowest BCUT2D eigenvalue weighted by atomic mass is 9.87. The Morgan fingerprint density at radius 1 is 1.33 bits per heavy atom. The largest absolute Gasteiger partial charge is 0.508 e. The average Bonchev–Trinajstić information content (AvgIpc) is 3.14. The van der Waals surface area contributed by atoms with Gasteiger partial charge in [-0.25, -0.2) is 14.4 Å². The van der Waals surface area contributed by atoms with Crippen molar-refractivity contribution in [2.24, 2.45) is 16.6 Å². The van der Waals surface area contributed by atoms with Crippen molar-refractivity contribution in [1.29, 1.82) is 0 Å². The summed E-state index contributed by atoms with van der Waals surface area (Å²) in [6.45, 7) is 9.02. The van der Waals surface area contributed by atoms with Gasteiger partial charge in [0.1, 0.15) is 30.3 Å². The molecule has 0 aromatic heterocycles. The Morgan fingerprint density at radius 3 is 2.58 bits per heavy atom. The first-order chi connectivity index (χ1) is 15.4. The SMILES string of the molecule is COC(=O)C1=C[C@H](N=C(C)NC(=O)OC(C)(C)C)[C@@H](C)[C@H]([C@H](OCCN)[C@H]2COC(=O)O2)O1. The highest BCUT2D eigenvalue weighted by Crippen LogP contribution is 2.32. The highest BCUT2D eigenvalue weighted by Gasteiger charge is 2.46. The van der Waals surface area contributed by atoms with E-state index in [1.165, 1.54) is 13.2 Å². The lowest BCUT2D eigenvalue weighted by Crippen LogP contribution is -2.51. The maximum Gasteiger partial charge on any atom is 0.508 e. The molecule has 2 heterocycles. The number of esters is 1. The lowest BCUT2D eigenvalue weighted by molar-refractivity contribution is -0.152. The standard InChI is InChI=1S/C21H33N3O9/c1-11-13(23-12(2)24-19(26)33-21(3,4)5)9-14(18(25)28-6)31-16(11)17(29-8-7-22)15-10-30-20(27)32-15/h9,11,13,15-17H,7-8,10,22H2,1-6H3,(H,23,24,26)/t11-,13+,15-,16-,17-/m1/s1. The summed E-state index contributed by atoms with van der Waals surface area (Å²) in [5.74, 6) is -0.874. The second-order valence-electron chi connectivity index (χ2n) is 8.64. The molecule has 1 fully saturated rings. The quantitative estimate of drug-likeness (QED) is 0.240. The number of nitrogens with two attached hydrogens (primary N) is 1. The summed E-state index contributed by atoms with van der Waals surface area (Å²) >= 11 is 0. The number of hydrogen-bond acceptors (Lipinski definition) is 11. The number of cyclic esters (lactones) is 2. The van der Waals surface area contributed by atoms with Gasteiger partial charge in [-0.2, -0.15) is 0 Å². The van der Waals surface area contributed by atoms with Gasteiger partial charge in [0, 0.05) is 12.5 Å². The average molecular weight is 472 g/mol. The van der Waals surface area contributed by atoms with Gasteiger partial charge in [-0.15, -0.1) is 0 Å². The summed E-state index contributed by atoms with van der Waals surface area (Å²) in [6, 6.07) is -0.602. The van der Waals surface area contributed by atoms with Crippen LogP contribution in [0.3, 0.4) is 0 Å². The van der Waals surface area contributed by atoms with Crippen LogP contribution in [-0.4, -0.2) is 80.9 Å². The van der Waals surface area contributed by atoms with Gasteiger partial charge >= 0.3 is 18.2 Å². The lowest BCUT2D eigenvalue weighted by Gasteiger charge is -2.38. The predicted octanol–water partition coefficient (Wildman–Crippen LogP) is 1.27. The van der Waals surface area contributed by atoms with Gasteiger partial charge in [0.15, 0.2) is 6.10 Å². The van der Waals surface area contributed by atoms with Crippen molar-refractivity contribution >= 4 is 24.1 Å². The van der Waals surface area contributed by atoms with Crippen molar-refractivity contribution in [2.75, 3.05) is 26.9 Å². The molecule has 33 heavy (non-hydrogen) atoms.